The molecule has 1 fully saturated rings. The SMILES string of the molecule is Cl.Cn1nccc1CNC(=O)[C@@H]1CCC[C@@H]1CN. The summed E-state index contributed by atoms with van der Waals surface area (Å²) in [5.74, 6) is 0.605. The first kappa shape index (κ1) is 15.0. The van der Waals surface area contributed by atoms with Crippen molar-refractivity contribution >= 4 is 18.3 Å². The summed E-state index contributed by atoms with van der Waals surface area (Å²) in [4.78, 5) is 12.0. The van der Waals surface area contributed by atoms with Crippen molar-refractivity contribution in [2.24, 2.45) is 24.6 Å². The summed E-state index contributed by atoms with van der Waals surface area (Å²) in [5.41, 5.74) is 6.70. The van der Waals surface area contributed by atoms with Gasteiger partial charge in [0.1, 0.15) is 0 Å². The van der Waals surface area contributed by atoms with Gasteiger partial charge < -0.3 is 11.1 Å². The highest BCUT2D eigenvalue weighted by Gasteiger charge is 2.31. The lowest BCUT2D eigenvalue weighted by Crippen LogP contribution is -2.35. The van der Waals surface area contributed by atoms with Gasteiger partial charge in [-0.3, -0.25) is 9.48 Å². The Bertz CT molecular complexity index is 393. The highest BCUT2D eigenvalue weighted by atomic mass is 35.5. The van der Waals surface area contributed by atoms with Gasteiger partial charge in [0.05, 0.1) is 12.2 Å². The smallest absolute Gasteiger partial charge is 0.223 e. The van der Waals surface area contributed by atoms with Crippen molar-refractivity contribution in [3.05, 3.63) is 18.0 Å². The molecule has 1 aliphatic carbocycles. The minimum atomic E-state index is 0. The largest absolute Gasteiger partial charge is 0.350 e. The Kier molecular flexibility index (Phi) is 5.62. The monoisotopic (exact) mass is 272 g/mol. The second-order valence-electron chi connectivity index (χ2n) is 4.70. The van der Waals surface area contributed by atoms with E-state index in [1.807, 2.05) is 13.1 Å². The first-order chi connectivity index (χ1) is 8.22. The Morgan fingerprint density at radius 1 is 1.61 bits per heavy atom. The molecule has 2 atom stereocenters. The maximum absolute atomic E-state index is 12.0. The fourth-order valence-corrected chi connectivity index (χ4v) is 2.55. The van der Waals surface area contributed by atoms with Crippen LogP contribution in [0.5, 0.6) is 0 Å². The van der Waals surface area contributed by atoms with Crippen molar-refractivity contribution in [1.29, 1.82) is 0 Å². The average Bonchev–Trinajstić information content (AvgIpc) is 2.94. The molecule has 1 amide bonds. The number of nitrogens with zero attached hydrogens (tertiary/aromatic N) is 2. The second kappa shape index (κ2) is 6.75. The molecule has 0 saturated heterocycles. The van der Waals surface area contributed by atoms with Gasteiger partial charge in [0.15, 0.2) is 0 Å². The molecule has 0 aliphatic heterocycles. The number of amides is 1. The van der Waals surface area contributed by atoms with Crippen LogP contribution in [0.1, 0.15) is 25.0 Å². The van der Waals surface area contributed by atoms with Crippen LogP contribution in [-0.2, 0) is 18.4 Å². The highest BCUT2D eigenvalue weighted by molar-refractivity contribution is 5.85. The van der Waals surface area contributed by atoms with Crippen LogP contribution in [0.15, 0.2) is 12.3 Å². The van der Waals surface area contributed by atoms with E-state index in [0.717, 1.165) is 25.0 Å². The van der Waals surface area contributed by atoms with Gasteiger partial charge in [-0.15, -0.1) is 12.4 Å². The Morgan fingerprint density at radius 2 is 2.39 bits per heavy atom. The van der Waals surface area contributed by atoms with E-state index in [9.17, 15) is 4.79 Å². The van der Waals surface area contributed by atoms with Crippen molar-refractivity contribution in [3.63, 3.8) is 0 Å². The van der Waals surface area contributed by atoms with Gasteiger partial charge in [-0.05, 0) is 31.4 Å². The van der Waals surface area contributed by atoms with Crippen LogP contribution in [0.3, 0.4) is 0 Å². The highest BCUT2D eigenvalue weighted by Crippen LogP contribution is 2.30. The van der Waals surface area contributed by atoms with Crippen LogP contribution in [0.4, 0.5) is 0 Å². The maximum Gasteiger partial charge on any atom is 0.223 e. The van der Waals surface area contributed by atoms with E-state index in [1.54, 1.807) is 10.9 Å². The summed E-state index contributed by atoms with van der Waals surface area (Å²) >= 11 is 0. The zero-order chi connectivity index (χ0) is 12.3. The quantitative estimate of drug-likeness (QED) is 0.853. The fraction of sp³-hybridized carbons (Fsp3) is 0.667. The Labute approximate surface area is 114 Å². The number of halogens is 1. The van der Waals surface area contributed by atoms with Crippen LogP contribution in [0.25, 0.3) is 0 Å². The topological polar surface area (TPSA) is 72.9 Å². The number of carbonyl (C=O) groups excluding carboxylic acids is 1. The molecule has 0 aromatic carbocycles. The third-order valence-corrected chi connectivity index (χ3v) is 3.66. The molecule has 2 rings (SSSR count). The van der Waals surface area contributed by atoms with E-state index in [0.29, 0.717) is 19.0 Å². The van der Waals surface area contributed by atoms with Crippen molar-refractivity contribution in [2.75, 3.05) is 6.54 Å². The normalized spacial score (nSPS) is 22.6. The fourth-order valence-electron chi connectivity index (χ4n) is 2.55. The van der Waals surface area contributed by atoms with Gasteiger partial charge in [-0.2, -0.15) is 5.10 Å². The summed E-state index contributed by atoms with van der Waals surface area (Å²) in [6.07, 6.45) is 4.91. The average molecular weight is 273 g/mol. The van der Waals surface area contributed by atoms with E-state index < -0.39 is 0 Å². The molecule has 0 radical (unpaired) electrons. The lowest BCUT2D eigenvalue weighted by atomic mass is 9.95. The predicted octanol–water partition coefficient (Wildman–Crippen LogP) is 0.833. The lowest BCUT2D eigenvalue weighted by molar-refractivity contribution is -0.126. The van der Waals surface area contributed by atoms with Crippen LogP contribution >= 0.6 is 12.4 Å². The van der Waals surface area contributed by atoms with Crippen molar-refractivity contribution < 1.29 is 4.79 Å². The second-order valence-corrected chi connectivity index (χ2v) is 4.70. The van der Waals surface area contributed by atoms with Crippen molar-refractivity contribution in [3.8, 4) is 0 Å². The molecular formula is C12H21ClN4O. The summed E-state index contributed by atoms with van der Waals surface area (Å²) < 4.78 is 1.77. The van der Waals surface area contributed by atoms with E-state index in [4.69, 9.17) is 5.73 Å². The van der Waals surface area contributed by atoms with Crippen LogP contribution in [0.2, 0.25) is 0 Å². The number of hydrogen-bond acceptors (Lipinski definition) is 3. The standard InChI is InChI=1S/C12H20N4O.ClH/c1-16-10(5-6-15-16)8-14-12(17)11-4-2-3-9(11)7-13;/h5-6,9,11H,2-4,7-8,13H2,1H3,(H,14,17);1H/t9-,11-;/m1./s1. The molecule has 6 heteroatoms. The van der Waals surface area contributed by atoms with Gasteiger partial charge in [-0.25, -0.2) is 0 Å². The molecule has 1 aromatic heterocycles. The van der Waals surface area contributed by atoms with E-state index in [1.165, 1.54) is 0 Å². The number of hydrogen-bond donors (Lipinski definition) is 2. The Morgan fingerprint density at radius 3 is 3.00 bits per heavy atom. The minimum Gasteiger partial charge on any atom is -0.350 e. The molecule has 0 bridgehead atoms. The van der Waals surface area contributed by atoms with E-state index >= 15 is 0 Å². The summed E-state index contributed by atoms with van der Waals surface area (Å²) in [6, 6.07) is 1.91. The Hall–Kier alpha value is -1.07. The van der Waals surface area contributed by atoms with Crippen LogP contribution < -0.4 is 11.1 Å². The number of carbonyl (C=O) groups is 1. The summed E-state index contributed by atoms with van der Waals surface area (Å²) in [6.45, 7) is 1.16. The van der Waals surface area contributed by atoms with Crippen LogP contribution in [-0.4, -0.2) is 22.2 Å². The Balaban J connectivity index is 0.00000162. The zero-order valence-corrected chi connectivity index (χ0v) is 11.4. The molecule has 0 spiro atoms. The lowest BCUT2D eigenvalue weighted by Gasteiger charge is -2.17. The molecule has 1 aromatic rings. The molecule has 3 N–H and O–H groups in total. The molecule has 0 unspecified atom stereocenters. The summed E-state index contributed by atoms with van der Waals surface area (Å²) in [5, 5.41) is 7.05. The maximum atomic E-state index is 12.0. The predicted molar refractivity (Wildman–Crippen MR) is 72.2 cm³/mol. The number of rotatable bonds is 4. The number of aromatic nitrogens is 2. The van der Waals surface area contributed by atoms with Crippen LogP contribution in [0, 0.1) is 11.8 Å². The number of nitrogens with one attached hydrogen (secondary N) is 1. The van der Waals surface area contributed by atoms with Gasteiger partial charge in [0.25, 0.3) is 0 Å². The first-order valence-corrected chi connectivity index (χ1v) is 6.17. The third kappa shape index (κ3) is 3.23. The van der Waals surface area contributed by atoms with Crippen molar-refractivity contribution in [2.45, 2.75) is 25.8 Å². The molecule has 5 nitrogen and oxygen atoms in total. The third-order valence-electron chi connectivity index (χ3n) is 3.66. The van der Waals surface area contributed by atoms with Gasteiger partial charge in [0, 0.05) is 19.2 Å². The van der Waals surface area contributed by atoms with E-state index in [-0.39, 0.29) is 24.2 Å². The number of nitrogens with two attached hydrogens (primary N) is 1. The van der Waals surface area contributed by atoms with Gasteiger partial charge in [0.2, 0.25) is 5.91 Å². The summed E-state index contributed by atoms with van der Waals surface area (Å²) in [7, 11) is 1.87. The van der Waals surface area contributed by atoms with Gasteiger partial charge in [-0.1, -0.05) is 6.42 Å². The molecule has 102 valence electrons. The molecule has 18 heavy (non-hydrogen) atoms. The first-order valence-electron chi connectivity index (χ1n) is 6.17. The zero-order valence-electron chi connectivity index (χ0n) is 10.6. The molecular weight excluding hydrogens is 252 g/mol. The van der Waals surface area contributed by atoms with E-state index in [2.05, 4.69) is 10.4 Å². The number of aryl methyl sites for hydroxylation is 1. The molecule has 1 saturated carbocycles. The molecule has 1 heterocycles. The van der Waals surface area contributed by atoms with Gasteiger partial charge >= 0.3 is 0 Å². The minimum absolute atomic E-state index is 0. The van der Waals surface area contributed by atoms with Crippen molar-refractivity contribution in [1.82, 2.24) is 15.1 Å². The molecule has 1 aliphatic rings.